The molecule has 0 bridgehead atoms. The van der Waals surface area contributed by atoms with Gasteiger partial charge in [0.15, 0.2) is 0 Å². The Morgan fingerprint density at radius 1 is 1.40 bits per heavy atom. The highest BCUT2D eigenvalue weighted by Gasteiger charge is 2.42. The van der Waals surface area contributed by atoms with Crippen LogP contribution in [0.4, 0.5) is 0 Å². The Labute approximate surface area is 129 Å². The average Bonchev–Trinajstić information content (AvgIpc) is 2.89. The van der Waals surface area contributed by atoms with Crippen LogP contribution < -0.4 is 5.73 Å². The molecular weight excluding hydrogens is 318 g/mol. The molecule has 1 aromatic rings. The Kier molecular flexibility index (Phi) is 4.18. The van der Waals surface area contributed by atoms with E-state index >= 15 is 0 Å². The van der Waals surface area contributed by atoms with Crippen molar-refractivity contribution in [2.45, 2.75) is 37.8 Å². The fraction of sp³-hybridized carbons (Fsp3) is 0.625. The molecule has 1 spiro atoms. The smallest absolute Gasteiger partial charge is 0.0940 e. The zero-order valence-electron chi connectivity index (χ0n) is 11.9. The third-order valence-electron chi connectivity index (χ3n) is 4.77. The van der Waals surface area contributed by atoms with E-state index in [2.05, 4.69) is 41.1 Å². The van der Waals surface area contributed by atoms with E-state index in [1.807, 2.05) is 0 Å². The van der Waals surface area contributed by atoms with Gasteiger partial charge in [-0.25, -0.2) is 0 Å². The van der Waals surface area contributed by atoms with Crippen LogP contribution in [0, 0.1) is 12.8 Å². The van der Waals surface area contributed by atoms with Crippen LogP contribution in [0.5, 0.6) is 0 Å². The third kappa shape index (κ3) is 2.67. The molecule has 2 aliphatic rings. The largest absolute Gasteiger partial charge is 0.378 e. The zero-order chi connectivity index (χ0) is 14.2. The lowest BCUT2D eigenvalue weighted by Crippen LogP contribution is -2.43. The van der Waals surface area contributed by atoms with Crippen molar-refractivity contribution < 1.29 is 9.47 Å². The maximum Gasteiger partial charge on any atom is 0.0940 e. The molecule has 2 heterocycles. The Bertz CT molecular complexity index is 485. The van der Waals surface area contributed by atoms with E-state index in [0.717, 1.165) is 43.6 Å². The number of benzene rings is 1. The molecule has 2 saturated heterocycles. The molecular formula is C16H22BrNO2. The van der Waals surface area contributed by atoms with Crippen LogP contribution in [0.2, 0.25) is 0 Å². The van der Waals surface area contributed by atoms with Crippen molar-refractivity contribution in [1.82, 2.24) is 0 Å². The van der Waals surface area contributed by atoms with E-state index in [9.17, 15) is 0 Å². The molecule has 3 nitrogen and oxygen atoms in total. The van der Waals surface area contributed by atoms with Gasteiger partial charge in [0.1, 0.15) is 0 Å². The molecule has 2 N–H and O–H groups in total. The summed E-state index contributed by atoms with van der Waals surface area (Å²) in [6, 6.07) is 6.37. The van der Waals surface area contributed by atoms with E-state index in [-0.39, 0.29) is 11.6 Å². The molecule has 4 heteroatoms. The fourth-order valence-electron chi connectivity index (χ4n) is 3.47. The first-order valence-electron chi connectivity index (χ1n) is 7.34. The van der Waals surface area contributed by atoms with Crippen LogP contribution in [0.25, 0.3) is 0 Å². The van der Waals surface area contributed by atoms with Crippen LogP contribution in [0.15, 0.2) is 22.7 Å². The van der Waals surface area contributed by atoms with E-state index in [4.69, 9.17) is 15.2 Å². The first kappa shape index (κ1) is 14.5. The Morgan fingerprint density at radius 3 is 3.00 bits per heavy atom. The monoisotopic (exact) mass is 339 g/mol. The fourth-order valence-corrected chi connectivity index (χ4v) is 3.86. The highest BCUT2D eigenvalue weighted by Crippen LogP contribution is 2.41. The summed E-state index contributed by atoms with van der Waals surface area (Å²) in [7, 11) is 0. The predicted octanol–water partition coefficient (Wildman–Crippen LogP) is 3.34. The first-order valence-corrected chi connectivity index (χ1v) is 8.13. The number of hydrogen-bond acceptors (Lipinski definition) is 3. The minimum atomic E-state index is -0.0690. The van der Waals surface area contributed by atoms with Gasteiger partial charge >= 0.3 is 0 Å². The van der Waals surface area contributed by atoms with Gasteiger partial charge in [-0.1, -0.05) is 28.1 Å². The summed E-state index contributed by atoms with van der Waals surface area (Å²) in [6.07, 6.45) is 3.06. The summed E-state index contributed by atoms with van der Waals surface area (Å²) >= 11 is 3.60. The third-order valence-corrected chi connectivity index (χ3v) is 5.63. The van der Waals surface area contributed by atoms with Crippen molar-refractivity contribution >= 4 is 15.9 Å². The SMILES string of the molecule is Cc1c(Br)cccc1C(N)C1CCOC2(CCOC2)C1. The second kappa shape index (κ2) is 5.76. The van der Waals surface area contributed by atoms with Crippen molar-refractivity contribution in [3.63, 3.8) is 0 Å². The highest BCUT2D eigenvalue weighted by molar-refractivity contribution is 9.10. The maximum atomic E-state index is 6.57. The number of nitrogens with two attached hydrogens (primary N) is 1. The molecule has 0 saturated carbocycles. The summed E-state index contributed by atoms with van der Waals surface area (Å²) in [5.74, 6) is 0.471. The Morgan fingerprint density at radius 2 is 2.25 bits per heavy atom. The number of hydrogen-bond donors (Lipinski definition) is 1. The molecule has 1 aromatic carbocycles. The maximum absolute atomic E-state index is 6.57. The molecule has 2 fully saturated rings. The lowest BCUT2D eigenvalue weighted by atomic mass is 9.78. The van der Waals surface area contributed by atoms with Crippen molar-refractivity contribution in [2.75, 3.05) is 19.8 Å². The number of rotatable bonds is 2. The first-order chi connectivity index (χ1) is 9.61. The summed E-state index contributed by atoms with van der Waals surface area (Å²) in [4.78, 5) is 0. The molecule has 2 aliphatic heterocycles. The topological polar surface area (TPSA) is 44.5 Å². The molecule has 110 valence electrons. The van der Waals surface area contributed by atoms with Crippen molar-refractivity contribution in [2.24, 2.45) is 11.7 Å². The van der Waals surface area contributed by atoms with E-state index in [0.29, 0.717) is 5.92 Å². The van der Waals surface area contributed by atoms with Crippen LogP contribution in [-0.4, -0.2) is 25.4 Å². The standard InChI is InChI=1S/C16H22BrNO2/c1-11-13(3-2-4-14(11)17)15(18)12-5-7-20-16(9-12)6-8-19-10-16/h2-4,12,15H,5-10,18H2,1H3. The second-order valence-corrected chi connectivity index (χ2v) is 6.92. The van der Waals surface area contributed by atoms with Gasteiger partial charge in [0.05, 0.1) is 12.2 Å². The van der Waals surface area contributed by atoms with Crippen LogP contribution in [0.1, 0.15) is 36.4 Å². The Hall–Kier alpha value is -0.420. The predicted molar refractivity (Wildman–Crippen MR) is 82.7 cm³/mol. The summed E-state index contributed by atoms with van der Waals surface area (Å²) in [5, 5.41) is 0. The zero-order valence-corrected chi connectivity index (χ0v) is 13.5. The van der Waals surface area contributed by atoms with Crippen molar-refractivity contribution in [1.29, 1.82) is 0 Å². The normalized spacial score (nSPS) is 31.6. The molecule has 0 radical (unpaired) electrons. The average molecular weight is 340 g/mol. The molecule has 20 heavy (non-hydrogen) atoms. The second-order valence-electron chi connectivity index (χ2n) is 6.07. The lowest BCUT2D eigenvalue weighted by molar-refractivity contribution is -0.101. The van der Waals surface area contributed by atoms with E-state index < -0.39 is 0 Å². The molecule has 0 amide bonds. The van der Waals surface area contributed by atoms with Gasteiger partial charge in [0, 0.05) is 30.1 Å². The van der Waals surface area contributed by atoms with Crippen molar-refractivity contribution in [3.05, 3.63) is 33.8 Å². The summed E-state index contributed by atoms with van der Waals surface area (Å²) in [5.41, 5.74) is 9.01. The van der Waals surface area contributed by atoms with Crippen LogP contribution >= 0.6 is 15.9 Å². The molecule has 3 atom stereocenters. The van der Waals surface area contributed by atoms with Crippen LogP contribution in [0.3, 0.4) is 0 Å². The van der Waals surface area contributed by atoms with E-state index in [1.54, 1.807) is 0 Å². The van der Waals surface area contributed by atoms with E-state index in [1.165, 1.54) is 11.1 Å². The van der Waals surface area contributed by atoms with Crippen molar-refractivity contribution in [3.8, 4) is 0 Å². The molecule has 3 rings (SSSR count). The van der Waals surface area contributed by atoms with Gasteiger partial charge in [-0.2, -0.15) is 0 Å². The van der Waals surface area contributed by atoms with Gasteiger partial charge < -0.3 is 15.2 Å². The molecule has 0 aliphatic carbocycles. The summed E-state index contributed by atoms with van der Waals surface area (Å²) < 4.78 is 12.7. The number of ether oxygens (including phenoxy) is 2. The van der Waals surface area contributed by atoms with Gasteiger partial charge in [-0.3, -0.25) is 0 Å². The summed E-state index contributed by atoms with van der Waals surface area (Å²) in [6.45, 7) is 4.48. The van der Waals surface area contributed by atoms with Gasteiger partial charge in [-0.05, 0) is 42.9 Å². The number of halogens is 1. The lowest BCUT2D eigenvalue weighted by Gasteiger charge is -2.39. The minimum absolute atomic E-state index is 0.0690. The van der Waals surface area contributed by atoms with Gasteiger partial charge in [-0.15, -0.1) is 0 Å². The quantitative estimate of drug-likeness (QED) is 0.898. The minimum Gasteiger partial charge on any atom is -0.378 e. The van der Waals surface area contributed by atoms with Gasteiger partial charge in [0.25, 0.3) is 0 Å². The Balaban J connectivity index is 1.79. The van der Waals surface area contributed by atoms with Crippen LogP contribution in [-0.2, 0) is 9.47 Å². The highest BCUT2D eigenvalue weighted by atomic mass is 79.9. The van der Waals surface area contributed by atoms with Gasteiger partial charge in [0.2, 0.25) is 0 Å². The molecule has 3 unspecified atom stereocenters. The molecule has 0 aromatic heterocycles.